The molecule has 5 heterocycles. The van der Waals surface area contributed by atoms with Crippen molar-refractivity contribution in [3.63, 3.8) is 0 Å². The molecule has 10 nitrogen and oxygen atoms in total. The zero-order chi connectivity index (χ0) is 25.4. The van der Waals surface area contributed by atoms with Gasteiger partial charge in [0.15, 0.2) is 15.6 Å². The van der Waals surface area contributed by atoms with Crippen molar-refractivity contribution in [2.45, 2.75) is 32.9 Å². The molecular formula is C24H24ClN7O3S. The van der Waals surface area contributed by atoms with E-state index in [0.29, 0.717) is 51.3 Å². The van der Waals surface area contributed by atoms with Crippen LogP contribution in [0.4, 0.5) is 10.9 Å². The van der Waals surface area contributed by atoms with Gasteiger partial charge in [-0.2, -0.15) is 4.98 Å². The van der Waals surface area contributed by atoms with Crippen molar-refractivity contribution in [2.24, 2.45) is 0 Å². The van der Waals surface area contributed by atoms with Gasteiger partial charge in [0.05, 0.1) is 50.4 Å². The second-order valence-corrected chi connectivity index (χ2v) is 9.92. The van der Waals surface area contributed by atoms with Crippen molar-refractivity contribution in [1.29, 1.82) is 0 Å². The third-order valence-electron chi connectivity index (χ3n) is 5.89. The number of anilines is 2. The van der Waals surface area contributed by atoms with Crippen LogP contribution in [-0.2, 0) is 4.74 Å². The number of fused-ring (bicyclic) bond motifs is 1. The van der Waals surface area contributed by atoms with Gasteiger partial charge in [-0.25, -0.2) is 15.0 Å². The van der Waals surface area contributed by atoms with Crippen LogP contribution in [0.15, 0.2) is 30.7 Å². The molecule has 1 aliphatic rings. The molecule has 0 radical (unpaired) electrons. The molecule has 0 aliphatic carbocycles. The molecule has 5 rings (SSSR count). The van der Waals surface area contributed by atoms with Crippen molar-refractivity contribution in [1.82, 2.24) is 24.9 Å². The van der Waals surface area contributed by atoms with Crippen LogP contribution in [0.2, 0.25) is 5.15 Å². The Kier molecular flexibility index (Phi) is 6.69. The molecule has 1 saturated heterocycles. The van der Waals surface area contributed by atoms with Crippen molar-refractivity contribution in [3.05, 3.63) is 47.1 Å². The summed E-state index contributed by atoms with van der Waals surface area (Å²) >= 11 is 7.41. The summed E-state index contributed by atoms with van der Waals surface area (Å²) in [4.78, 5) is 38.3. The topological polar surface area (TPSA) is 115 Å². The van der Waals surface area contributed by atoms with Crippen LogP contribution in [0.5, 0.6) is 5.75 Å². The SMILES string of the molecule is COc1cnc(Cl)cc1-c1cc(C)ncc1C(=O)Nc1nc2ncc(N3[C@H](C)COC[C@H]3C)nc2s1. The van der Waals surface area contributed by atoms with Crippen LogP contribution in [0.3, 0.4) is 0 Å². The number of hydrogen-bond acceptors (Lipinski definition) is 10. The fourth-order valence-corrected chi connectivity index (χ4v) is 5.21. The normalized spacial score (nSPS) is 17.9. The number of carbonyl (C=O) groups excluding carboxylic acids is 1. The molecule has 1 aliphatic heterocycles. The van der Waals surface area contributed by atoms with E-state index in [1.165, 1.54) is 30.8 Å². The Hall–Kier alpha value is -3.41. The maximum Gasteiger partial charge on any atom is 0.259 e. The average Bonchev–Trinajstić information content (AvgIpc) is 3.25. The molecule has 36 heavy (non-hydrogen) atoms. The lowest BCUT2D eigenvalue weighted by Crippen LogP contribution is -2.50. The molecule has 0 aromatic carbocycles. The number of aryl methyl sites for hydroxylation is 1. The lowest BCUT2D eigenvalue weighted by atomic mass is 10.0. The number of methoxy groups -OCH3 is 1. The Labute approximate surface area is 216 Å². The quantitative estimate of drug-likeness (QED) is 0.379. The summed E-state index contributed by atoms with van der Waals surface area (Å²) in [6, 6.07) is 3.83. The Balaban J connectivity index is 1.46. The van der Waals surface area contributed by atoms with E-state index in [2.05, 4.69) is 44.0 Å². The van der Waals surface area contributed by atoms with Crippen LogP contribution in [-0.4, -0.2) is 63.2 Å². The summed E-state index contributed by atoms with van der Waals surface area (Å²) in [6.07, 6.45) is 4.76. The smallest absolute Gasteiger partial charge is 0.259 e. The number of nitrogens with zero attached hydrogens (tertiary/aromatic N) is 6. The number of halogens is 1. The lowest BCUT2D eigenvalue weighted by molar-refractivity contribution is 0.0752. The molecule has 0 saturated carbocycles. The van der Waals surface area contributed by atoms with Gasteiger partial charge in [0.2, 0.25) is 0 Å². The first-order valence-corrected chi connectivity index (χ1v) is 12.5. The minimum atomic E-state index is -0.373. The first-order chi connectivity index (χ1) is 17.3. The fourth-order valence-electron chi connectivity index (χ4n) is 4.26. The van der Waals surface area contributed by atoms with Gasteiger partial charge in [-0.05, 0) is 32.9 Å². The Morgan fingerprint density at radius 1 is 1.11 bits per heavy atom. The number of thiazole rings is 1. The molecule has 4 aromatic rings. The van der Waals surface area contributed by atoms with Gasteiger partial charge in [-0.1, -0.05) is 22.9 Å². The number of hydrogen-bond donors (Lipinski definition) is 1. The van der Waals surface area contributed by atoms with Crippen LogP contribution >= 0.6 is 22.9 Å². The maximum atomic E-state index is 13.3. The predicted molar refractivity (Wildman–Crippen MR) is 139 cm³/mol. The zero-order valence-electron chi connectivity index (χ0n) is 20.1. The summed E-state index contributed by atoms with van der Waals surface area (Å²) in [5.74, 6) is 0.882. The van der Waals surface area contributed by atoms with Gasteiger partial charge in [-0.3, -0.25) is 15.1 Å². The van der Waals surface area contributed by atoms with E-state index in [1.54, 1.807) is 12.3 Å². The summed E-state index contributed by atoms with van der Waals surface area (Å²) in [7, 11) is 1.54. The summed E-state index contributed by atoms with van der Waals surface area (Å²) < 4.78 is 11.1. The number of carbonyl (C=O) groups is 1. The molecule has 2 atom stereocenters. The van der Waals surface area contributed by atoms with E-state index in [1.807, 2.05) is 13.0 Å². The maximum absolute atomic E-state index is 13.3. The van der Waals surface area contributed by atoms with Crippen LogP contribution in [0.25, 0.3) is 21.6 Å². The van der Waals surface area contributed by atoms with E-state index in [4.69, 9.17) is 26.1 Å². The number of nitrogens with one attached hydrogen (secondary N) is 1. The average molecular weight is 526 g/mol. The highest BCUT2D eigenvalue weighted by Crippen LogP contribution is 2.34. The van der Waals surface area contributed by atoms with E-state index >= 15 is 0 Å². The molecule has 1 amide bonds. The van der Waals surface area contributed by atoms with Crippen LogP contribution in [0, 0.1) is 6.92 Å². The van der Waals surface area contributed by atoms with Crippen LogP contribution < -0.4 is 15.0 Å². The summed E-state index contributed by atoms with van der Waals surface area (Å²) in [5.41, 5.74) is 2.81. The van der Waals surface area contributed by atoms with Crippen molar-refractivity contribution >= 4 is 50.3 Å². The second kappa shape index (κ2) is 9.92. The fraction of sp³-hybridized carbons (Fsp3) is 0.333. The molecular weight excluding hydrogens is 502 g/mol. The monoisotopic (exact) mass is 525 g/mol. The number of ether oxygens (including phenoxy) is 2. The van der Waals surface area contributed by atoms with Gasteiger partial charge in [0.25, 0.3) is 5.91 Å². The van der Waals surface area contributed by atoms with Gasteiger partial charge < -0.3 is 14.4 Å². The van der Waals surface area contributed by atoms with E-state index in [9.17, 15) is 4.79 Å². The van der Waals surface area contributed by atoms with Crippen molar-refractivity contribution < 1.29 is 14.3 Å². The second-order valence-electron chi connectivity index (χ2n) is 8.55. The molecule has 12 heteroatoms. The highest BCUT2D eigenvalue weighted by molar-refractivity contribution is 7.21. The zero-order valence-corrected chi connectivity index (χ0v) is 21.7. The van der Waals surface area contributed by atoms with Crippen LogP contribution in [0.1, 0.15) is 29.9 Å². The highest BCUT2D eigenvalue weighted by atomic mass is 35.5. The molecule has 0 bridgehead atoms. The molecule has 0 unspecified atom stereocenters. The van der Waals surface area contributed by atoms with Crippen molar-refractivity contribution in [2.75, 3.05) is 30.5 Å². The van der Waals surface area contributed by atoms with Gasteiger partial charge in [0, 0.05) is 23.0 Å². The Morgan fingerprint density at radius 3 is 2.64 bits per heavy atom. The van der Waals surface area contributed by atoms with Gasteiger partial charge in [0.1, 0.15) is 16.7 Å². The number of pyridine rings is 2. The van der Waals surface area contributed by atoms with Gasteiger partial charge in [-0.15, -0.1) is 0 Å². The summed E-state index contributed by atoms with van der Waals surface area (Å²) in [5, 5.41) is 3.55. The van der Waals surface area contributed by atoms with Crippen molar-refractivity contribution in [3.8, 4) is 16.9 Å². The van der Waals surface area contributed by atoms with E-state index in [0.717, 1.165) is 11.5 Å². The number of rotatable bonds is 5. The third kappa shape index (κ3) is 4.69. The molecule has 4 aromatic heterocycles. The number of amides is 1. The first-order valence-electron chi connectivity index (χ1n) is 11.3. The Morgan fingerprint density at radius 2 is 1.89 bits per heavy atom. The highest BCUT2D eigenvalue weighted by Gasteiger charge is 2.27. The molecule has 1 N–H and O–H groups in total. The Bertz CT molecular complexity index is 1440. The van der Waals surface area contributed by atoms with E-state index < -0.39 is 0 Å². The lowest BCUT2D eigenvalue weighted by Gasteiger charge is -2.39. The van der Waals surface area contributed by atoms with E-state index in [-0.39, 0.29) is 23.1 Å². The standard InChI is InChI=1S/C24H24ClN7O3S/c1-12-5-15(16-6-19(25)27-8-18(16)34-4)17(7-26-12)22(33)31-24-30-21-23(36-24)29-20(9-28-21)32-13(2)10-35-11-14(32)3/h5-9,13-14H,10-11H2,1-4H3,(H,28,30,31,33)/t13-,14-/m1/s1. The third-order valence-corrected chi connectivity index (χ3v) is 6.95. The molecule has 186 valence electrons. The summed E-state index contributed by atoms with van der Waals surface area (Å²) in [6.45, 7) is 7.30. The predicted octanol–water partition coefficient (Wildman–Crippen LogP) is 4.38. The molecule has 0 spiro atoms. The largest absolute Gasteiger partial charge is 0.494 e. The first kappa shape index (κ1) is 24.3. The minimum Gasteiger partial charge on any atom is -0.494 e. The minimum absolute atomic E-state index is 0.179. The molecule has 1 fully saturated rings. The van der Waals surface area contributed by atoms with Gasteiger partial charge >= 0.3 is 0 Å². The number of aromatic nitrogens is 5. The number of morpholine rings is 1.